The Morgan fingerprint density at radius 2 is 1.83 bits per heavy atom. The number of rotatable bonds is 5. The molecule has 0 aromatic heterocycles. The van der Waals surface area contributed by atoms with Gasteiger partial charge in [0.1, 0.15) is 11.5 Å². The monoisotopic (exact) mass is 312 g/mol. The Bertz CT molecular complexity index is 698. The van der Waals surface area contributed by atoms with Crippen LogP contribution >= 0.6 is 0 Å². The second kappa shape index (κ2) is 6.71. The first-order chi connectivity index (χ1) is 11.2. The molecule has 0 saturated carbocycles. The van der Waals surface area contributed by atoms with Crippen LogP contribution < -0.4 is 20.1 Å². The van der Waals surface area contributed by atoms with Crippen LogP contribution in [0.5, 0.6) is 11.5 Å². The molecule has 1 amide bonds. The van der Waals surface area contributed by atoms with Crippen LogP contribution in [0.15, 0.2) is 42.5 Å². The van der Waals surface area contributed by atoms with Crippen molar-refractivity contribution in [1.29, 1.82) is 0 Å². The van der Waals surface area contributed by atoms with Gasteiger partial charge in [-0.05, 0) is 42.3 Å². The van der Waals surface area contributed by atoms with E-state index in [0.29, 0.717) is 6.54 Å². The minimum absolute atomic E-state index is 0.110. The van der Waals surface area contributed by atoms with Crippen molar-refractivity contribution in [2.24, 2.45) is 0 Å². The van der Waals surface area contributed by atoms with E-state index in [4.69, 9.17) is 9.47 Å². The zero-order valence-corrected chi connectivity index (χ0v) is 13.3. The Labute approximate surface area is 135 Å². The molecule has 1 unspecified atom stereocenters. The van der Waals surface area contributed by atoms with Crippen LogP contribution in [0.1, 0.15) is 18.1 Å². The fourth-order valence-electron chi connectivity index (χ4n) is 2.46. The van der Waals surface area contributed by atoms with Crippen molar-refractivity contribution >= 4 is 11.6 Å². The van der Waals surface area contributed by atoms with Gasteiger partial charge in [0.2, 0.25) is 0 Å². The Morgan fingerprint density at radius 3 is 2.57 bits per heavy atom. The van der Waals surface area contributed by atoms with Gasteiger partial charge in [-0.1, -0.05) is 18.2 Å². The predicted octanol–water partition coefficient (Wildman–Crippen LogP) is 2.70. The lowest BCUT2D eigenvalue weighted by Gasteiger charge is -2.23. The van der Waals surface area contributed by atoms with E-state index < -0.39 is 6.10 Å². The third-order valence-electron chi connectivity index (χ3n) is 3.79. The molecule has 1 heterocycles. The first kappa shape index (κ1) is 15.4. The van der Waals surface area contributed by atoms with Crippen molar-refractivity contribution in [2.75, 3.05) is 12.4 Å². The summed E-state index contributed by atoms with van der Waals surface area (Å²) in [7, 11) is 1.66. The molecule has 1 aliphatic heterocycles. The largest absolute Gasteiger partial charge is 0.497 e. The van der Waals surface area contributed by atoms with Crippen LogP contribution in [0.4, 0.5) is 5.69 Å². The number of carbonyl (C=O) groups excluding carboxylic acids is 1. The Morgan fingerprint density at radius 1 is 1.13 bits per heavy atom. The Balaban J connectivity index is 1.58. The van der Waals surface area contributed by atoms with Crippen LogP contribution in [-0.2, 0) is 17.9 Å². The van der Waals surface area contributed by atoms with Crippen LogP contribution in [0.2, 0.25) is 0 Å². The van der Waals surface area contributed by atoms with Gasteiger partial charge in [-0.2, -0.15) is 0 Å². The summed E-state index contributed by atoms with van der Waals surface area (Å²) in [4.78, 5) is 11.7. The summed E-state index contributed by atoms with van der Waals surface area (Å²) in [6, 6.07) is 13.8. The van der Waals surface area contributed by atoms with E-state index in [1.54, 1.807) is 14.0 Å². The second-order valence-electron chi connectivity index (χ2n) is 5.53. The SMILES string of the molecule is COc1ccc(CNCc2ccc3c(c2)NC(=O)C(C)O3)cc1. The lowest BCUT2D eigenvalue weighted by Crippen LogP contribution is -2.34. The maximum atomic E-state index is 11.7. The molecule has 1 aliphatic rings. The summed E-state index contributed by atoms with van der Waals surface area (Å²) in [6.45, 7) is 3.22. The number of hydrogen-bond acceptors (Lipinski definition) is 4. The molecular formula is C18H20N2O3. The van der Waals surface area contributed by atoms with E-state index in [0.717, 1.165) is 29.3 Å². The highest BCUT2D eigenvalue weighted by Crippen LogP contribution is 2.30. The number of nitrogens with one attached hydrogen (secondary N) is 2. The summed E-state index contributed by atoms with van der Waals surface area (Å²) >= 11 is 0. The molecule has 0 fully saturated rings. The van der Waals surface area contributed by atoms with Crippen LogP contribution in [0, 0.1) is 0 Å². The van der Waals surface area contributed by atoms with Gasteiger partial charge < -0.3 is 20.1 Å². The zero-order valence-electron chi connectivity index (χ0n) is 13.3. The van der Waals surface area contributed by atoms with E-state index in [-0.39, 0.29) is 5.91 Å². The molecule has 3 rings (SSSR count). The predicted molar refractivity (Wildman–Crippen MR) is 88.7 cm³/mol. The molecule has 5 nitrogen and oxygen atoms in total. The third-order valence-corrected chi connectivity index (χ3v) is 3.79. The number of hydrogen-bond donors (Lipinski definition) is 2. The number of amides is 1. The quantitative estimate of drug-likeness (QED) is 0.891. The molecular weight excluding hydrogens is 292 g/mol. The lowest BCUT2D eigenvalue weighted by molar-refractivity contribution is -0.122. The summed E-state index contributed by atoms with van der Waals surface area (Å²) in [5.41, 5.74) is 3.02. The molecule has 2 N–H and O–H groups in total. The fraction of sp³-hybridized carbons (Fsp3) is 0.278. The smallest absolute Gasteiger partial charge is 0.265 e. The van der Waals surface area contributed by atoms with Crippen molar-refractivity contribution in [2.45, 2.75) is 26.1 Å². The molecule has 0 saturated heterocycles. The van der Waals surface area contributed by atoms with Crippen molar-refractivity contribution in [3.05, 3.63) is 53.6 Å². The highest BCUT2D eigenvalue weighted by molar-refractivity contribution is 5.97. The number of fused-ring (bicyclic) bond motifs is 1. The first-order valence-corrected chi connectivity index (χ1v) is 7.60. The molecule has 2 aromatic rings. The van der Waals surface area contributed by atoms with E-state index in [1.165, 1.54) is 5.56 Å². The number of carbonyl (C=O) groups is 1. The summed E-state index contributed by atoms with van der Waals surface area (Å²) < 4.78 is 10.7. The van der Waals surface area contributed by atoms with E-state index >= 15 is 0 Å². The Kier molecular flexibility index (Phi) is 4.48. The van der Waals surface area contributed by atoms with Gasteiger partial charge in [-0.3, -0.25) is 4.79 Å². The normalized spacial score (nSPS) is 16.3. The maximum absolute atomic E-state index is 11.7. The summed E-state index contributed by atoms with van der Waals surface area (Å²) in [5.74, 6) is 1.46. The average Bonchev–Trinajstić information content (AvgIpc) is 2.57. The molecule has 0 spiro atoms. The van der Waals surface area contributed by atoms with Gasteiger partial charge in [0.25, 0.3) is 5.91 Å². The highest BCUT2D eigenvalue weighted by Gasteiger charge is 2.23. The maximum Gasteiger partial charge on any atom is 0.265 e. The second-order valence-corrected chi connectivity index (χ2v) is 5.53. The van der Waals surface area contributed by atoms with Gasteiger partial charge in [0, 0.05) is 13.1 Å². The number of methoxy groups -OCH3 is 1. The Hall–Kier alpha value is -2.53. The number of anilines is 1. The van der Waals surface area contributed by atoms with Crippen LogP contribution in [0.3, 0.4) is 0 Å². The van der Waals surface area contributed by atoms with E-state index in [2.05, 4.69) is 10.6 Å². The first-order valence-electron chi connectivity index (χ1n) is 7.60. The van der Waals surface area contributed by atoms with Gasteiger partial charge in [0.05, 0.1) is 12.8 Å². The molecule has 2 aromatic carbocycles. The molecule has 1 atom stereocenters. The van der Waals surface area contributed by atoms with Gasteiger partial charge in [-0.25, -0.2) is 0 Å². The minimum atomic E-state index is -0.443. The topological polar surface area (TPSA) is 59.6 Å². The summed E-state index contributed by atoms with van der Waals surface area (Å²) in [6.07, 6.45) is -0.443. The van der Waals surface area contributed by atoms with Crippen LogP contribution in [0.25, 0.3) is 0 Å². The average molecular weight is 312 g/mol. The van der Waals surface area contributed by atoms with Crippen molar-refractivity contribution in [3.8, 4) is 11.5 Å². The molecule has 0 bridgehead atoms. The van der Waals surface area contributed by atoms with Gasteiger partial charge >= 0.3 is 0 Å². The molecule has 0 radical (unpaired) electrons. The molecule has 0 aliphatic carbocycles. The van der Waals surface area contributed by atoms with E-state index in [1.807, 2.05) is 42.5 Å². The van der Waals surface area contributed by atoms with Crippen LogP contribution in [-0.4, -0.2) is 19.1 Å². The van der Waals surface area contributed by atoms with Crippen molar-refractivity contribution in [1.82, 2.24) is 5.32 Å². The highest BCUT2D eigenvalue weighted by atomic mass is 16.5. The molecule has 120 valence electrons. The number of benzene rings is 2. The minimum Gasteiger partial charge on any atom is -0.497 e. The molecule has 5 heteroatoms. The van der Waals surface area contributed by atoms with E-state index in [9.17, 15) is 4.79 Å². The fourth-order valence-corrected chi connectivity index (χ4v) is 2.46. The standard InChI is InChI=1S/C18H20N2O3/c1-12-18(21)20-16-9-14(5-8-17(16)23-12)11-19-10-13-3-6-15(22-2)7-4-13/h3-9,12,19H,10-11H2,1-2H3,(H,20,21). The lowest BCUT2D eigenvalue weighted by atomic mass is 10.1. The van der Waals surface area contributed by atoms with Gasteiger partial charge in [-0.15, -0.1) is 0 Å². The molecule has 23 heavy (non-hydrogen) atoms. The van der Waals surface area contributed by atoms with Crippen molar-refractivity contribution < 1.29 is 14.3 Å². The van der Waals surface area contributed by atoms with Gasteiger partial charge in [0.15, 0.2) is 6.10 Å². The number of ether oxygens (including phenoxy) is 2. The zero-order chi connectivity index (χ0) is 16.2. The van der Waals surface area contributed by atoms with Crippen molar-refractivity contribution in [3.63, 3.8) is 0 Å². The third kappa shape index (κ3) is 3.63. The summed E-state index contributed by atoms with van der Waals surface area (Å²) in [5, 5.41) is 6.25.